The second-order valence-electron chi connectivity index (χ2n) is 1.88. The largest absolute Gasteiger partial charge is 0.225 e. The molecule has 0 spiro atoms. The average Bonchev–Trinajstić information content (AvgIpc) is 1.81. The second kappa shape index (κ2) is 4.85. The van der Waals surface area contributed by atoms with Crippen LogP contribution in [0, 0.1) is 5.38 Å². The number of rotatable bonds is 1. The highest BCUT2D eigenvalue weighted by molar-refractivity contribution is 6.80. The van der Waals surface area contributed by atoms with Crippen LogP contribution in [0.4, 0.5) is 0 Å². The second-order valence-corrected chi connectivity index (χ2v) is 8.15. The van der Waals surface area contributed by atoms with E-state index < -0.39 is 17.3 Å². The van der Waals surface area contributed by atoms with Gasteiger partial charge in [0.05, 0.1) is 0 Å². The molecule has 0 aliphatic rings. The summed E-state index contributed by atoms with van der Waals surface area (Å²) in [5, 5.41) is -0.506. The lowest BCUT2D eigenvalue weighted by Gasteiger charge is -2.33. The van der Waals surface area contributed by atoms with E-state index in [9.17, 15) is 0 Å². The molecule has 13 heavy (non-hydrogen) atoms. The Balaban J connectivity index is 4.86. The molecule has 0 nitrogen and oxygen atoms in total. The Morgan fingerprint density at radius 3 is 1.08 bits per heavy atom. The first-order valence-electron chi connectivity index (χ1n) is 2.45. The fourth-order valence-electron chi connectivity index (χ4n) is 0.302. The van der Waals surface area contributed by atoms with Crippen LogP contribution in [0.3, 0.4) is 0 Å². The van der Waals surface area contributed by atoms with Gasteiger partial charge in [-0.15, -0.1) is 11.6 Å². The third-order valence-electron chi connectivity index (χ3n) is 0.881. The van der Waals surface area contributed by atoms with Gasteiger partial charge in [-0.3, -0.25) is 0 Å². The fraction of sp³-hybridized carbons (Fsp3) is 0.750. The highest BCUT2D eigenvalue weighted by atomic mass is 35.6. The monoisotopic (exact) mass is 363 g/mol. The van der Waals surface area contributed by atoms with E-state index in [1.807, 2.05) is 0 Å². The summed E-state index contributed by atoms with van der Waals surface area (Å²) >= 11 is 49.1. The molecule has 9 heteroatoms. The van der Waals surface area contributed by atoms with Gasteiger partial charge in [0.15, 0.2) is 9.71 Å². The van der Waals surface area contributed by atoms with Crippen molar-refractivity contribution in [1.82, 2.24) is 0 Å². The molecule has 0 amide bonds. The van der Waals surface area contributed by atoms with Crippen LogP contribution in [0.1, 0.15) is 0 Å². The van der Waals surface area contributed by atoms with Crippen molar-refractivity contribution in [3.63, 3.8) is 0 Å². The first-order valence-corrected chi connectivity index (χ1v) is 5.85. The zero-order chi connectivity index (χ0) is 11.1. The van der Waals surface area contributed by atoms with Crippen molar-refractivity contribution in [2.24, 2.45) is 0 Å². The number of halogens is 9. The first kappa shape index (κ1) is 15.6. The Morgan fingerprint density at radius 2 is 1.00 bits per heavy atom. The molecule has 0 aromatic heterocycles. The highest BCUT2D eigenvalue weighted by Gasteiger charge is 2.58. The normalized spacial score (nSPS) is 15.2. The minimum Gasteiger partial charge on any atom is -0.109 e. The van der Waals surface area contributed by atoms with E-state index in [1.54, 1.807) is 0 Å². The zero-order valence-corrected chi connectivity index (χ0v) is 12.2. The Labute approximate surface area is 121 Å². The van der Waals surface area contributed by atoms with Gasteiger partial charge >= 0.3 is 0 Å². The fourth-order valence-corrected chi connectivity index (χ4v) is 1.87. The van der Waals surface area contributed by atoms with E-state index in [0.29, 0.717) is 0 Å². The smallest absolute Gasteiger partial charge is 0.109 e. The van der Waals surface area contributed by atoms with Crippen LogP contribution in [-0.2, 0) is 0 Å². The van der Waals surface area contributed by atoms with Gasteiger partial charge in [-0.2, -0.15) is 0 Å². The van der Waals surface area contributed by atoms with Gasteiger partial charge in [-0.1, -0.05) is 92.8 Å². The molecule has 0 saturated carbocycles. The summed E-state index contributed by atoms with van der Waals surface area (Å²) in [6, 6.07) is 0. The molecule has 0 unspecified atom stereocenters. The Hall–Kier alpha value is 2.61. The van der Waals surface area contributed by atoms with Gasteiger partial charge < -0.3 is 0 Å². The molecule has 0 aromatic rings. The molecule has 0 N–H and O–H groups in total. The molecule has 0 rings (SSSR count). The van der Waals surface area contributed by atoms with E-state index in [4.69, 9.17) is 104 Å². The summed E-state index contributed by atoms with van der Waals surface area (Å²) in [5.74, 6) is 0. The minimum atomic E-state index is -2.10. The molecule has 0 aliphatic carbocycles. The molecule has 79 valence electrons. The maximum absolute atomic E-state index is 5.59. The Bertz CT molecular complexity index is 173. The summed E-state index contributed by atoms with van der Waals surface area (Å²) in [6.07, 6.45) is 0. The SMILES string of the molecule is Cl[C](C(Cl)(Cl)Cl)C(Cl)(Cl)C(Cl)(Cl)Cl. The molecule has 0 heterocycles. The van der Waals surface area contributed by atoms with Crippen molar-refractivity contribution in [3.05, 3.63) is 5.38 Å². The van der Waals surface area contributed by atoms with Gasteiger partial charge in [0.1, 0.15) is 0 Å². The highest BCUT2D eigenvalue weighted by Crippen LogP contribution is 2.59. The predicted octanol–water partition coefficient (Wildman–Crippen LogP) is 5.67. The van der Waals surface area contributed by atoms with Crippen LogP contribution in [0.2, 0.25) is 0 Å². The van der Waals surface area contributed by atoms with Gasteiger partial charge in [-0.05, 0) is 0 Å². The van der Waals surface area contributed by atoms with Crippen LogP contribution in [0.25, 0.3) is 0 Å². The molecular formula is C4Cl9. The zero-order valence-electron chi connectivity index (χ0n) is 5.40. The van der Waals surface area contributed by atoms with Crippen molar-refractivity contribution in [2.45, 2.75) is 11.9 Å². The quantitative estimate of drug-likeness (QED) is 0.524. The summed E-state index contributed by atoms with van der Waals surface area (Å²) < 4.78 is -6.21. The summed E-state index contributed by atoms with van der Waals surface area (Å²) in [6.45, 7) is 0. The Morgan fingerprint density at radius 1 is 0.692 bits per heavy atom. The van der Waals surface area contributed by atoms with E-state index in [2.05, 4.69) is 0 Å². The van der Waals surface area contributed by atoms with Crippen molar-refractivity contribution in [1.29, 1.82) is 0 Å². The molecule has 0 saturated heterocycles. The van der Waals surface area contributed by atoms with E-state index in [0.717, 1.165) is 0 Å². The molecule has 0 aromatic carbocycles. The van der Waals surface area contributed by atoms with Crippen LogP contribution >= 0.6 is 104 Å². The van der Waals surface area contributed by atoms with Gasteiger partial charge in [0.25, 0.3) is 0 Å². The number of hydrogen-bond acceptors (Lipinski definition) is 0. The van der Waals surface area contributed by atoms with Crippen molar-refractivity contribution >= 4 is 104 Å². The maximum Gasteiger partial charge on any atom is 0.225 e. The van der Waals surface area contributed by atoms with E-state index in [1.165, 1.54) is 0 Å². The number of alkyl halides is 8. The lowest BCUT2D eigenvalue weighted by molar-refractivity contribution is 0.849. The first-order chi connectivity index (χ1) is 5.40. The molecule has 0 bridgehead atoms. The van der Waals surface area contributed by atoms with Crippen molar-refractivity contribution < 1.29 is 0 Å². The van der Waals surface area contributed by atoms with Gasteiger partial charge in [0.2, 0.25) is 7.59 Å². The van der Waals surface area contributed by atoms with Gasteiger partial charge in [-0.25, -0.2) is 0 Å². The molecule has 1 radical (unpaired) electrons. The van der Waals surface area contributed by atoms with Crippen molar-refractivity contribution in [3.8, 4) is 0 Å². The average molecular weight is 367 g/mol. The molecular weight excluding hydrogens is 367 g/mol. The standard InChI is InChI=1S/C4Cl9/c5-1(3(8,9)10)2(6,7)4(11,12)13. The van der Waals surface area contributed by atoms with E-state index in [-0.39, 0.29) is 0 Å². The molecule has 0 atom stereocenters. The lowest BCUT2D eigenvalue weighted by atomic mass is 10.3. The van der Waals surface area contributed by atoms with E-state index >= 15 is 0 Å². The molecule has 0 fully saturated rings. The van der Waals surface area contributed by atoms with Crippen LogP contribution in [0.5, 0.6) is 0 Å². The predicted molar refractivity (Wildman–Crippen MR) is 64.1 cm³/mol. The maximum atomic E-state index is 5.59. The van der Waals surface area contributed by atoms with Gasteiger partial charge in [0, 0.05) is 0 Å². The van der Waals surface area contributed by atoms with Crippen molar-refractivity contribution in [2.75, 3.05) is 0 Å². The molecule has 0 aliphatic heterocycles. The topological polar surface area (TPSA) is 0 Å². The van der Waals surface area contributed by atoms with Crippen LogP contribution < -0.4 is 0 Å². The number of hydrogen-bond donors (Lipinski definition) is 0. The minimum absolute atomic E-state index is 0.506. The lowest BCUT2D eigenvalue weighted by Crippen LogP contribution is -2.40. The summed E-state index contributed by atoms with van der Waals surface area (Å²) in [4.78, 5) is 0. The summed E-state index contributed by atoms with van der Waals surface area (Å²) in [5.41, 5.74) is 0. The van der Waals surface area contributed by atoms with Crippen LogP contribution in [0.15, 0.2) is 0 Å². The van der Waals surface area contributed by atoms with Crippen LogP contribution in [-0.4, -0.2) is 11.9 Å². The third-order valence-corrected chi connectivity index (χ3v) is 4.87. The summed E-state index contributed by atoms with van der Waals surface area (Å²) in [7, 11) is 0. The Kier molecular flexibility index (Phi) is 5.83. The third kappa shape index (κ3) is 4.17.